The molecule has 1 unspecified atom stereocenters. The maximum Gasteiger partial charge on any atom is 0.0305 e. The monoisotopic (exact) mass is 309 g/mol. The zero-order valence-corrected chi connectivity index (χ0v) is 13.3. The van der Waals surface area contributed by atoms with E-state index in [0.29, 0.717) is 17.5 Å². The lowest BCUT2D eigenvalue weighted by Crippen LogP contribution is -2.38. The molecule has 0 radical (unpaired) electrons. The van der Waals surface area contributed by atoms with E-state index in [0.717, 1.165) is 0 Å². The molecule has 0 spiro atoms. The summed E-state index contributed by atoms with van der Waals surface area (Å²) in [5.41, 5.74) is 1.87. The molecule has 1 aromatic rings. The molecular formula is C16H24BrN. The third-order valence-electron chi connectivity index (χ3n) is 4.06. The van der Waals surface area contributed by atoms with Crippen molar-refractivity contribution >= 4 is 15.9 Å². The minimum absolute atomic E-state index is 0.416. The average molecular weight is 310 g/mol. The molecule has 1 aromatic carbocycles. The summed E-state index contributed by atoms with van der Waals surface area (Å²) in [6, 6.07) is 9.59. The molecule has 2 atom stereocenters. The zero-order valence-electron chi connectivity index (χ0n) is 11.7. The third kappa shape index (κ3) is 3.58. The zero-order chi connectivity index (χ0) is 13.2. The van der Waals surface area contributed by atoms with Crippen LogP contribution in [0, 0.1) is 5.41 Å². The topological polar surface area (TPSA) is 12.0 Å². The molecule has 1 saturated carbocycles. The first-order valence-electron chi connectivity index (χ1n) is 6.98. The highest BCUT2D eigenvalue weighted by Gasteiger charge is 2.28. The van der Waals surface area contributed by atoms with E-state index in [1.807, 2.05) is 0 Å². The molecule has 2 heteroatoms. The number of nitrogens with one attached hydrogen (secondary N) is 1. The van der Waals surface area contributed by atoms with Crippen molar-refractivity contribution in [1.29, 1.82) is 0 Å². The van der Waals surface area contributed by atoms with E-state index in [2.05, 4.69) is 66.3 Å². The molecule has 2 rings (SSSR count). The fourth-order valence-corrected chi connectivity index (χ4v) is 3.74. The van der Waals surface area contributed by atoms with Gasteiger partial charge in [0, 0.05) is 16.6 Å². The summed E-state index contributed by atoms with van der Waals surface area (Å²) in [7, 11) is 0. The van der Waals surface area contributed by atoms with Crippen LogP contribution in [0.4, 0.5) is 0 Å². The van der Waals surface area contributed by atoms with Crippen LogP contribution in [0.25, 0.3) is 0 Å². The third-order valence-corrected chi connectivity index (χ3v) is 4.78. The smallest absolute Gasteiger partial charge is 0.0305 e. The second-order valence-corrected chi connectivity index (χ2v) is 7.22. The van der Waals surface area contributed by atoms with Crippen LogP contribution in [0.5, 0.6) is 0 Å². The van der Waals surface area contributed by atoms with Crippen molar-refractivity contribution < 1.29 is 0 Å². The minimum atomic E-state index is 0.416. The molecule has 0 aliphatic heterocycles. The normalized spacial score (nSPS) is 24.8. The molecule has 100 valence electrons. The van der Waals surface area contributed by atoms with Crippen molar-refractivity contribution in [1.82, 2.24) is 5.32 Å². The van der Waals surface area contributed by atoms with E-state index in [1.165, 1.54) is 35.7 Å². The van der Waals surface area contributed by atoms with Crippen LogP contribution in [-0.2, 0) is 0 Å². The molecular weight excluding hydrogens is 286 g/mol. The molecule has 1 N–H and O–H groups in total. The summed E-state index contributed by atoms with van der Waals surface area (Å²) in [6.07, 6.45) is 5.34. The average Bonchev–Trinajstić information content (AvgIpc) is 2.28. The van der Waals surface area contributed by atoms with Crippen molar-refractivity contribution in [3.05, 3.63) is 34.3 Å². The number of rotatable bonds is 3. The van der Waals surface area contributed by atoms with E-state index in [1.54, 1.807) is 0 Å². The number of hydrogen-bond acceptors (Lipinski definition) is 1. The van der Waals surface area contributed by atoms with E-state index >= 15 is 0 Å². The molecule has 0 aromatic heterocycles. The van der Waals surface area contributed by atoms with Gasteiger partial charge in [-0.2, -0.15) is 0 Å². The van der Waals surface area contributed by atoms with Crippen molar-refractivity contribution in [3.8, 4) is 0 Å². The van der Waals surface area contributed by atoms with Gasteiger partial charge in [0.25, 0.3) is 0 Å². The van der Waals surface area contributed by atoms with Crippen LogP contribution in [0.2, 0.25) is 0 Å². The first kappa shape index (κ1) is 14.1. The van der Waals surface area contributed by atoms with Crippen LogP contribution in [0.15, 0.2) is 28.7 Å². The predicted molar refractivity (Wildman–Crippen MR) is 81.7 cm³/mol. The SMILES string of the molecule is C[C@@H](NC1CCCC(C)(C)C1)c1ccccc1Br. The number of benzene rings is 1. The maximum absolute atomic E-state index is 3.80. The summed E-state index contributed by atoms with van der Waals surface area (Å²) in [5.74, 6) is 0. The fraction of sp³-hybridized carbons (Fsp3) is 0.625. The lowest BCUT2D eigenvalue weighted by atomic mass is 9.75. The van der Waals surface area contributed by atoms with Crippen LogP contribution >= 0.6 is 15.9 Å². The highest BCUT2D eigenvalue weighted by atomic mass is 79.9. The van der Waals surface area contributed by atoms with Gasteiger partial charge in [0.15, 0.2) is 0 Å². The van der Waals surface area contributed by atoms with Gasteiger partial charge in [0.1, 0.15) is 0 Å². The maximum atomic E-state index is 3.80. The summed E-state index contributed by atoms with van der Waals surface area (Å²) >= 11 is 3.64. The Kier molecular flexibility index (Phi) is 4.50. The Balaban J connectivity index is 1.99. The lowest BCUT2D eigenvalue weighted by molar-refractivity contribution is 0.191. The van der Waals surface area contributed by atoms with Gasteiger partial charge >= 0.3 is 0 Å². The molecule has 18 heavy (non-hydrogen) atoms. The Labute approximate surface area is 119 Å². The van der Waals surface area contributed by atoms with Gasteiger partial charge in [-0.3, -0.25) is 0 Å². The first-order chi connectivity index (χ1) is 8.48. The van der Waals surface area contributed by atoms with Crippen LogP contribution in [0.1, 0.15) is 58.1 Å². The van der Waals surface area contributed by atoms with Gasteiger partial charge in [0.2, 0.25) is 0 Å². The molecule has 1 fully saturated rings. The Bertz CT molecular complexity index is 400. The van der Waals surface area contributed by atoms with Crippen molar-refractivity contribution in [2.24, 2.45) is 5.41 Å². The van der Waals surface area contributed by atoms with Gasteiger partial charge in [0.05, 0.1) is 0 Å². The molecule has 0 saturated heterocycles. The summed E-state index contributed by atoms with van der Waals surface area (Å²) in [4.78, 5) is 0. The molecule has 1 aliphatic rings. The Morgan fingerprint density at radius 1 is 1.33 bits per heavy atom. The van der Waals surface area contributed by atoms with E-state index in [9.17, 15) is 0 Å². The van der Waals surface area contributed by atoms with Gasteiger partial charge < -0.3 is 5.32 Å². The van der Waals surface area contributed by atoms with Gasteiger partial charge in [-0.25, -0.2) is 0 Å². The molecule has 1 aliphatic carbocycles. The number of halogens is 1. The summed E-state index contributed by atoms with van der Waals surface area (Å²) in [6.45, 7) is 7.05. The van der Waals surface area contributed by atoms with Crippen molar-refractivity contribution in [2.75, 3.05) is 0 Å². The van der Waals surface area contributed by atoms with Crippen LogP contribution in [0.3, 0.4) is 0 Å². The highest BCUT2D eigenvalue weighted by molar-refractivity contribution is 9.10. The first-order valence-corrected chi connectivity index (χ1v) is 7.78. The van der Waals surface area contributed by atoms with Crippen LogP contribution < -0.4 is 5.32 Å². The second-order valence-electron chi connectivity index (χ2n) is 6.37. The lowest BCUT2D eigenvalue weighted by Gasteiger charge is -2.37. The summed E-state index contributed by atoms with van der Waals surface area (Å²) in [5, 5.41) is 3.80. The largest absolute Gasteiger partial charge is 0.307 e. The second kappa shape index (κ2) is 5.75. The van der Waals surface area contributed by atoms with Gasteiger partial charge in [-0.05, 0) is 43.2 Å². The Morgan fingerprint density at radius 2 is 2.06 bits per heavy atom. The predicted octanol–water partition coefficient (Wildman–Crippen LogP) is 5.07. The Hall–Kier alpha value is -0.340. The summed E-state index contributed by atoms with van der Waals surface area (Å²) < 4.78 is 1.21. The van der Waals surface area contributed by atoms with Gasteiger partial charge in [-0.1, -0.05) is 54.4 Å². The Morgan fingerprint density at radius 3 is 2.72 bits per heavy atom. The highest BCUT2D eigenvalue weighted by Crippen LogP contribution is 2.36. The molecule has 1 nitrogen and oxygen atoms in total. The molecule has 0 amide bonds. The van der Waals surface area contributed by atoms with Crippen molar-refractivity contribution in [3.63, 3.8) is 0 Å². The number of hydrogen-bond donors (Lipinski definition) is 1. The van der Waals surface area contributed by atoms with E-state index < -0.39 is 0 Å². The standard InChI is InChI=1S/C16H24BrN/c1-12(14-8-4-5-9-15(14)17)18-13-7-6-10-16(2,3)11-13/h4-5,8-9,12-13,18H,6-7,10-11H2,1-3H3/t12-,13?/m1/s1. The minimum Gasteiger partial charge on any atom is -0.307 e. The van der Waals surface area contributed by atoms with Gasteiger partial charge in [-0.15, -0.1) is 0 Å². The van der Waals surface area contributed by atoms with E-state index in [4.69, 9.17) is 0 Å². The van der Waals surface area contributed by atoms with Crippen LogP contribution in [-0.4, -0.2) is 6.04 Å². The molecule has 0 heterocycles. The quantitative estimate of drug-likeness (QED) is 0.822. The fourth-order valence-electron chi connectivity index (χ4n) is 3.11. The molecule has 0 bridgehead atoms. The van der Waals surface area contributed by atoms with Crippen molar-refractivity contribution in [2.45, 2.75) is 58.5 Å². The van der Waals surface area contributed by atoms with E-state index in [-0.39, 0.29) is 0 Å².